The van der Waals surface area contributed by atoms with Crippen molar-refractivity contribution in [3.8, 4) is 0 Å². The number of aromatic nitrogens is 2. The molecule has 3 rings (SSSR count). The Bertz CT molecular complexity index is 684. The Morgan fingerprint density at radius 2 is 1.96 bits per heavy atom. The van der Waals surface area contributed by atoms with Crippen LogP contribution in [0.3, 0.4) is 0 Å². The molecule has 1 saturated carbocycles. The predicted molar refractivity (Wildman–Crippen MR) is 96.4 cm³/mol. The van der Waals surface area contributed by atoms with E-state index in [2.05, 4.69) is 14.1 Å². The van der Waals surface area contributed by atoms with Gasteiger partial charge in [0.2, 0.25) is 5.91 Å². The topological polar surface area (TPSA) is 75.2 Å². The summed E-state index contributed by atoms with van der Waals surface area (Å²) in [5, 5.41) is 3.04. The minimum absolute atomic E-state index is 0.0553. The van der Waals surface area contributed by atoms with Crippen LogP contribution in [0.1, 0.15) is 41.7 Å². The molecule has 0 radical (unpaired) electrons. The zero-order valence-electron chi connectivity index (χ0n) is 14.1. The minimum Gasteiger partial charge on any atom is -0.352 e. The third-order valence-corrected chi connectivity index (χ3v) is 4.91. The Kier molecular flexibility index (Phi) is 6.11. The molecule has 2 aromatic rings. The lowest BCUT2D eigenvalue weighted by Gasteiger charge is -2.22. The Hall–Kier alpha value is -2.28. The maximum atomic E-state index is 12.7. The Morgan fingerprint density at radius 1 is 1.20 bits per heavy atom. The van der Waals surface area contributed by atoms with E-state index in [0.29, 0.717) is 18.7 Å². The molecule has 0 atom stereocenters. The van der Waals surface area contributed by atoms with E-state index in [1.165, 1.54) is 6.20 Å². The summed E-state index contributed by atoms with van der Waals surface area (Å²) in [4.78, 5) is 26.6. The highest BCUT2D eigenvalue weighted by atomic mass is 32.1. The largest absolute Gasteiger partial charge is 0.352 e. The van der Waals surface area contributed by atoms with Crippen LogP contribution in [0.5, 0.6) is 0 Å². The van der Waals surface area contributed by atoms with Gasteiger partial charge >= 0.3 is 0 Å². The van der Waals surface area contributed by atoms with E-state index in [9.17, 15) is 9.59 Å². The van der Waals surface area contributed by atoms with Crippen LogP contribution < -0.4 is 5.32 Å². The van der Waals surface area contributed by atoms with Gasteiger partial charge in [0.1, 0.15) is 0 Å². The molecule has 0 bridgehead atoms. The van der Waals surface area contributed by atoms with Crippen LogP contribution in [0.4, 0.5) is 0 Å². The molecule has 7 heteroatoms. The zero-order chi connectivity index (χ0) is 17.5. The number of benzene rings is 1. The molecule has 1 N–H and O–H groups in total. The van der Waals surface area contributed by atoms with E-state index in [0.717, 1.165) is 43.0 Å². The average molecular weight is 358 g/mol. The maximum Gasteiger partial charge on any atom is 0.275 e. The van der Waals surface area contributed by atoms with Crippen LogP contribution in [0.15, 0.2) is 36.5 Å². The van der Waals surface area contributed by atoms with E-state index < -0.39 is 0 Å². The number of carbonyl (C=O) groups excluding carboxylic acids is 2. The second kappa shape index (κ2) is 8.71. The first-order valence-corrected chi connectivity index (χ1v) is 9.35. The third kappa shape index (κ3) is 5.09. The van der Waals surface area contributed by atoms with Crippen molar-refractivity contribution in [3.63, 3.8) is 0 Å². The van der Waals surface area contributed by atoms with Crippen molar-refractivity contribution in [3.05, 3.63) is 47.8 Å². The highest BCUT2D eigenvalue weighted by Gasteiger charge is 2.23. The SMILES string of the molecule is O=C(CN(CCc1ccccc1)C(=O)c1cnsn1)NC1CCCC1. The number of hydrogen-bond donors (Lipinski definition) is 1. The molecule has 1 fully saturated rings. The smallest absolute Gasteiger partial charge is 0.275 e. The standard InChI is InChI=1S/C18H22N4O2S/c23-17(20-15-8-4-5-9-15)13-22(18(24)16-12-19-25-21-16)11-10-14-6-2-1-3-7-14/h1-3,6-7,12,15H,4-5,8-11,13H2,(H,20,23). The average Bonchev–Trinajstić information content (AvgIpc) is 3.32. The summed E-state index contributed by atoms with van der Waals surface area (Å²) in [7, 11) is 0. The molecule has 0 spiro atoms. The fraction of sp³-hybridized carbons (Fsp3) is 0.444. The summed E-state index contributed by atoms with van der Waals surface area (Å²) >= 11 is 0.997. The lowest BCUT2D eigenvalue weighted by molar-refractivity contribution is -0.122. The van der Waals surface area contributed by atoms with Gasteiger partial charge in [-0.15, -0.1) is 0 Å². The van der Waals surface area contributed by atoms with Crippen molar-refractivity contribution in [2.75, 3.05) is 13.1 Å². The van der Waals surface area contributed by atoms with E-state index in [1.54, 1.807) is 4.90 Å². The van der Waals surface area contributed by atoms with Crippen molar-refractivity contribution in [1.29, 1.82) is 0 Å². The number of nitrogens with one attached hydrogen (secondary N) is 1. The normalized spacial score (nSPS) is 14.4. The highest BCUT2D eigenvalue weighted by molar-refractivity contribution is 6.99. The third-order valence-electron chi connectivity index (χ3n) is 4.44. The van der Waals surface area contributed by atoms with Crippen LogP contribution in [0.2, 0.25) is 0 Å². The van der Waals surface area contributed by atoms with Crippen LogP contribution in [0, 0.1) is 0 Å². The minimum atomic E-state index is -0.244. The number of amides is 2. The fourth-order valence-electron chi connectivity index (χ4n) is 3.10. The van der Waals surface area contributed by atoms with Gasteiger partial charge in [0.25, 0.3) is 5.91 Å². The van der Waals surface area contributed by atoms with Gasteiger partial charge in [-0.05, 0) is 24.8 Å². The number of carbonyl (C=O) groups is 2. The lowest BCUT2D eigenvalue weighted by Crippen LogP contribution is -2.44. The molecule has 1 aliphatic rings. The Labute approximate surface area is 151 Å². The number of rotatable bonds is 7. The molecule has 1 aliphatic carbocycles. The van der Waals surface area contributed by atoms with E-state index in [-0.39, 0.29) is 24.4 Å². The van der Waals surface area contributed by atoms with Crippen molar-refractivity contribution < 1.29 is 9.59 Å². The van der Waals surface area contributed by atoms with Gasteiger partial charge in [0, 0.05) is 12.6 Å². The molecular weight excluding hydrogens is 336 g/mol. The molecule has 1 aromatic carbocycles. The van der Waals surface area contributed by atoms with Gasteiger partial charge in [-0.2, -0.15) is 8.75 Å². The van der Waals surface area contributed by atoms with Crippen LogP contribution in [-0.4, -0.2) is 44.6 Å². The number of hydrogen-bond acceptors (Lipinski definition) is 5. The summed E-state index contributed by atoms with van der Waals surface area (Å²) in [6.45, 7) is 0.526. The van der Waals surface area contributed by atoms with Crippen LogP contribution >= 0.6 is 11.7 Å². The summed E-state index contributed by atoms with van der Waals surface area (Å²) in [5.41, 5.74) is 1.43. The van der Waals surface area contributed by atoms with E-state index >= 15 is 0 Å². The van der Waals surface area contributed by atoms with Crippen molar-refractivity contribution in [2.24, 2.45) is 0 Å². The Balaban J connectivity index is 1.62. The quantitative estimate of drug-likeness (QED) is 0.824. The molecule has 6 nitrogen and oxygen atoms in total. The second-order valence-corrected chi connectivity index (χ2v) is 6.86. The summed E-state index contributed by atoms with van der Waals surface area (Å²) in [6.07, 6.45) is 6.52. The van der Waals surface area contributed by atoms with Gasteiger partial charge in [0.05, 0.1) is 24.5 Å². The van der Waals surface area contributed by atoms with Gasteiger partial charge in [-0.1, -0.05) is 43.2 Å². The number of nitrogens with zero attached hydrogens (tertiary/aromatic N) is 3. The molecule has 0 unspecified atom stereocenters. The molecule has 1 aromatic heterocycles. The second-order valence-electron chi connectivity index (χ2n) is 6.30. The predicted octanol–water partition coefficient (Wildman–Crippen LogP) is 2.28. The van der Waals surface area contributed by atoms with Gasteiger partial charge in [-0.3, -0.25) is 9.59 Å². The molecule has 25 heavy (non-hydrogen) atoms. The molecule has 0 saturated heterocycles. The summed E-state index contributed by atoms with van der Waals surface area (Å²) < 4.78 is 7.90. The molecule has 0 aliphatic heterocycles. The maximum absolute atomic E-state index is 12.7. The first-order chi connectivity index (χ1) is 12.2. The molecule has 1 heterocycles. The van der Waals surface area contributed by atoms with Gasteiger partial charge < -0.3 is 10.2 Å². The Morgan fingerprint density at radius 3 is 2.64 bits per heavy atom. The van der Waals surface area contributed by atoms with E-state index in [1.807, 2.05) is 30.3 Å². The first-order valence-electron chi connectivity index (χ1n) is 8.62. The van der Waals surface area contributed by atoms with Crippen LogP contribution in [0.25, 0.3) is 0 Å². The van der Waals surface area contributed by atoms with Crippen molar-refractivity contribution >= 4 is 23.5 Å². The lowest BCUT2D eigenvalue weighted by atomic mass is 10.1. The monoisotopic (exact) mass is 358 g/mol. The molecular formula is C18H22N4O2S. The van der Waals surface area contributed by atoms with E-state index in [4.69, 9.17) is 0 Å². The fourth-order valence-corrected chi connectivity index (χ4v) is 3.51. The molecule has 2 amide bonds. The summed E-state index contributed by atoms with van der Waals surface area (Å²) in [5.74, 6) is -0.345. The van der Waals surface area contributed by atoms with Crippen LogP contribution in [-0.2, 0) is 11.2 Å². The van der Waals surface area contributed by atoms with Crippen molar-refractivity contribution in [2.45, 2.75) is 38.1 Å². The zero-order valence-corrected chi connectivity index (χ0v) is 14.9. The van der Waals surface area contributed by atoms with Gasteiger partial charge in [0.15, 0.2) is 5.69 Å². The summed E-state index contributed by atoms with van der Waals surface area (Å²) in [6, 6.07) is 10.2. The highest BCUT2D eigenvalue weighted by Crippen LogP contribution is 2.17. The van der Waals surface area contributed by atoms with Crippen molar-refractivity contribution in [1.82, 2.24) is 19.0 Å². The first kappa shape index (κ1) is 17.5. The molecule has 132 valence electrons. The van der Waals surface area contributed by atoms with Gasteiger partial charge in [-0.25, -0.2) is 0 Å².